The number of para-hydroxylation sites is 1. The molecule has 0 spiro atoms. The SMILES string of the molecule is COS(=O)(=O)c1ccc(C)cc1.c1ccc2c(c1)CCO2. The molecule has 0 saturated heterocycles. The predicted molar refractivity (Wildman–Crippen MR) is 81.0 cm³/mol. The van der Waals surface area contributed by atoms with Crippen LogP contribution < -0.4 is 4.74 Å². The summed E-state index contributed by atoms with van der Waals surface area (Å²) in [4.78, 5) is 0.190. The fourth-order valence-electron chi connectivity index (χ4n) is 1.92. The first-order valence-corrected chi connectivity index (χ1v) is 8.02. The second-order valence-electron chi connectivity index (χ2n) is 4.64. The van der Waals surface area contributed by atoms with Crippen LogP contribution in [0.3, 0.4) is 0 Å². The van der Waals surface area contributed by atoms with Crippen molar-refractivity contribution in [1.29, 1.82) is 0 Å². The van der Waals surface area contributed by atoms with E-state index in [2.05, 4.69) is 10.2 Å². The van der Waals surface area contributed by atoms with Gasteiger partial charge < -0.3 is 4.74 Å². The molecule has 112 valence electrons. The van der Waals surface area contributed by atoms with Gasteiger partial charge >= 0.3 is 0 Å². The molecule has 0 radical (unpaired) electrons. The van der Waals surface area contributed by atoms with E-state index in [-0.39, 0.29) is 4.90 Å². The zero-order chi connectivity index (χ0) is 15.3. The number of hydrogen-bond acceptors (Lipinski definition) is 4. The normalized spacial score (nSPS) is 12.9. The second-order valence-corrected chi connectivity index (χ2v) is 6.35. The maximum Gasteiger partial charge on any atom is 0.296 e. The third-order valence-electron chi connectivity index (χ3n) is 3.13. The maximum absolute atomic E-state index is 11.1. The molecule has 21 heavy (non-hydrogen) atoms. The number of ether oxygens (including phenoxy) is 1. The first-order valence-electron chi connectivity index (χ1n) is 6.61. The molecule has 4 nitrogen and oxygen atoms in total. The van der Waals surface area contributed by atoms with Gasteiger partial charge in [-0.05, 0) is 30.7 Å². The van der Waals surface area contributed by atoms with E-state index in [1.165, 1.54) is 17.7 Å². The summed E-state index contributed by atoms with van der Waals surface area (Å²) in [6.45, 7) is 2.75. The van der Waals surface area contributed by atoms with E-state index >= 15 is 0 Å². The molecule has 0 aromatic heterocycles. The Balaban J connectivity index is 0.000000159. The van der Waals surface area contributed by atoms with E-state index < -0.39 is 10.1 Å². The third-order valence-corrected chi connectivity index (χ3v) is 4.42. The lowest BCUT2D eigenvalue weighted by Crippen LogP contribution is -2.02. The molecule has 0 fully saturated rings. The molecule has 0 unspecified atom stereocenters. The van der Waals surface area contributed by atoms with E-state index in [9.17, 15) is 8.42 Å². The van der Waals surface area contributed by atoms with Crippen LogP contribution in [0.1, 0.15) is 11.1 Å². The Morgan fingerprint density at radius 2 is 1.71 bits per heavy atom. The van der Waals surface area contributed by atoms with Crippen molar-refractivity contribution in [3.05, 3.63) is 59.7 Å². The van der Waals surface area contributed by atoms with Gasteiger partial charge in [0.05, 0.1) is 18.6 Å². The Morgan fingerprint density at radius 1 is 1.05 bits per heavy atom. The van der Waals surface area contributed by atoms with Gasteiger partial charge in [0.2, 0.25) is 0 Å². The lowest BCUT2D eigenvalue weighted by molar-refractivity contribution is 0.357. The van der Waals surface area contributed by atoms with Crippen molar-refractivity contribution in [1.82, 2.24) is 0 Å². The second kappa shape index (κ2) is 6.74. The maximum atomic E-state index is 11.1. The van der Waals surface area contributed by atoms with Gasteiger partial charge in [0.15, 0.2) is 0 Å². The van der Waals surface area contributed by atoms with Gasteiger partial charge in [-0.1, -0.05) is 35.9 Å². The highest BCUT2D eigenvalue weighted by Gasteiger charge is 2.11. The Hall–Kier alpha value is -1.85. The highest BCUT2D eigenvalue weighted by molar-refractivity contribution is 7.86. The molecule has 1 aliphatic rings. The number of fused-ring (bicyclic) bond motifs is 1. The summed E-state index contributed by atoms with van der Waals surface area (Å²) in [6.07, 6.45) is 1.08. The molecular formula is C16H18O4S. The zero-order valence-electron chi connectivity index (χ0n) is 12.1. The molecule has 0 bridgehead atoms. The van der Waals surface area contributed by atoms with Crippen molar-refractivity contribution in [3.63, 3.8) is 0 Å². The zero-order valence-corrected chi connectivity index (χ0v) is 12.9. The molecule has 3 rings (SSSR count). The van der Waals surface area contributed by atoms with Crippen molar-refractivity contribution in [2.45, 2.75) is 18.2 Å². The van der Waals surface area contributed by atoms with Crippen LogP contribution in [-0.4, -0.2) is 22.1 Å². The summed E-state index contributed by atoms with van der Waals surface area (Å²) in [7, 11) is -2.37. The molecule has 1 aliphatic heterocycles. The van der Waals surface area contributed by atoms with Crippen LogP contribution in [0.15, 0.2) is 53.4 Å². The third kappa shape index (κ3) is 4.06. The van der Waals surface area contributed by atoms with Crippen LogP contribution in [0.2, 0.25) is 0 Å². The molecule has 0 atom stereocenters. The van der Waals surface area contributed by atoms with Crippen molar-refractivity contribution in [2.24, 2.45) is 0 Å². The highest BCUT2D eigenvalue weighted by atomic mass is 32.2. The van der Waals surface area contributed by atoms with Crippen molar-refractivity contribution >= 4 is 10.1 Å². The summed E-state index contributed by atoms with van der Waals surface area (Å²) in [5.74, 6) is 1.07. The number of benzene rings is 2. The molecule has 1 heterocycles. The van der Waals surface area contributed by atoms with Gasteiger partial charge in [-0.2, -0.15) is 8.42 Å². The molecule has 2 aromatic rings. The predicted octanol–water partition coefficient (Wildman–Crippen LogP) is 2.95. The Bertz CT molecular complexity index is 667. The minimum atomic E-state index is -3.51. The molecule has 0 saturated carbocycles. The summed E-state index contributed by atoms with van der Waals surface area (Å²) >= 11 is 0. The minimum absolute atomic E-state index is 0.190. The average molecular weight is 306 g/mol. The average Bonchev–Trinajstić information content (AvgIpc) is 2.97. The Labute approximate surface area is 125 Å². The largest absolute Gasteiger partial charge is 0.493 e. The van der Waals surface area contributed by atoms with Gasteiger partial charge in [0.25, 0.3) is 10.1 Å². The monoisotopic (exact) mass is 306 g/mol. The van der Waals surface area contributed by atoms with Crippen molar-refractivity contribution in [3.8, 4) is 5.75 Å². The highest BCUT2D eigenvalue weighted by Crippen LogP contribution is 2.23. The van der Waals surface area contributed by atoms with Crippen LogP contribution >= 0.6 is 0 Å². The fraction of sp³-hybridized carbons (Fsp3) is 0.250. The standard InChI is InChI=1S/C8H10O3S.C8H8O/c1-7-3-5-8(6-4-7)12(9,10)11-2;1-2-4-8-7(3-1)5-6-9-8/h3-6H,1-2H3;1-4H,5-6H2. The number of rotatable bonds is 2. The van der Waals surface area contributed by atoms with E-state index in [0.29, 0.717) is 0 Å². The summed E-state index contributed by atoms with van der Waals surface area (Å²) < 4.78 is 31.8. The van der Waals surface area contributed by atoms with Crippen LogP contribution in [0, 0.1) is 6.92 Å². The molecule has 0 amide bonds. The Morgan fingerprint density at radius 3 is 2.33 bits per heavy atom. The minimum Gasteiger partial charge on any atom is -0.493 e. The van der Waals surface area contributed by atoms with E-state index in [4.69, 9.17) is 4.74 Å². The van der Waals surface area contributed by atoms with Crippen LogP contribution in [0.5, 0.6) is 5.75 Å². The summed E-state index contributed by atoms with van der Waals surface area (Å²) in [5.41, 5.74) is 2.36. The van der Waals surface area contributed by atoms with Crippen molar-refractivity contribution in [2.75, 3.05) is 13.7 Å². The van der Waals surface area contributed by atoms with Crippen molar-refractivity contribution < 1.29 is 17.3 Å². The van der Waals surface area contributed by atoms with Crippen LogP contribution in [0.4, 0.5) is 0 Å². The molecule has 0 N–H and O–H groups in total. The van der Waals surface area contributed by atoms with Crippen LogP contribution in [0.25, 0.3) is 0 Å². The van der Waals surface area contributed by atoms with E-state index in [1.807, 2.05) is 25.1 Å². The summed E-state index contributed by atoms with van der Waals surface area (Å²) in [6, 6.07) is 14.7. The first-order chi connectivity index (χ1) is 10.0. The Kier molecular flexibility index (Phi) is 4.98. The van der Waals surface area contributed by atoms with Gasteiger partial charge in [-0.25, -0.2) is 0 Å². The van der Waals surface area contributed by atoms with Gasteiger partial charge in [-0.3, -0.25) is 4.18 Å². The van der Waals surface area contributed by atoms with Crippen LogP contribution in [-0.2, 0) is 20.7 Å². The first kappa shape index (κ1) is 15.5. The lowest BCUT2D eigenvalue weighted by atomic mass is 10.2. The molecular weight excluding hydrogens is 288 g/mol. The van der Waals surface area contributed by atoms with E-state index in [1.54, 1.807) is 12.1 Å². The molecule has 0 aliphatic carbocycles. The topological polar surface area (TPSA) is 52.6 Å². The smallest absolute Gasteiger partial charge is 0.296 e. The molecule has 5 heteroatoms. The van der Waals surface area contributed by atoms with Gasteiger partial charge in [-0.15, -0.1) is 0 Å². The number of aryl methyl sites for hydroxylation is 1. The fourth-order valence-corrected chi connectivity index (χ4v) is 2.59. The number of hydrogen-bond donors (Lipinski definition) is 0. The van der Waals surface area contributed by atoms with Gasteiger partial charge in [0, 0.05) is 6.42 Å². The lowest BCUT2D eigenvalue weighted by Gasteiger charge is -2.00. The quantitative estimate of drug-likeness (QED) is 0.801. The molecule has 2 aromatic carbocycles. The summed E-state index contributed by atoms with van der Waals surface area (Å²) in [5, 5.41) is 0. The van der Waals surface area contributed by atoms with Gasteiger partial charge in [0.1, 0.15) is 5.75 Å². The van der Waals surface area contributed by atoms with E-state index in [0.717, 1.165) is 31.5 Å².